The molecule has 56 valence electrons. The number of hydrogen-bond acceptors (Lipinski definition) is 3. The lowest BCUT2D eigenvalue weighted by Gasteiger charge is -1.98. The molecule has 3 nitrogen and oxygen atoms in total. The number of nitrogens with one attached hydrogen (secondary N) is 1. The van der Waals surface area contributed by atoms with Gasteiger partial charge in [-0.25, -0.2) is 0 Å². The molecule has 0 aromatic heterocycles. The molecule has 1 aromatic rings. The predicted octanol–water partition coefficient (Wildman–Crippen LogP) is 1.08. The van der Waals surface area contributed by atoms with Crippen molar-refractivity contribution in [3.63, 3.8) is 0 Å². The molecular formula is C8H8N2O. The number of nitrogens with two attached hydrogens (primary N) is 1. The molecule has 0 radical (unpaired) electrons. The molecule has 0 aliphatic heterocycles. The van der Waals surface area contributed by atoms with Crippen LogP contribution in [0.1, 0.15) is 15.9 Å². The second-order valence-electron chi connectivity index (χ2n) is 2.15. The minimum atomic E-state index is 0.463. The van der Waals surface area contributed by atoms with E-state index in [9.17, 15) is 4.79 Å². The average molecular weight is 148 g/mol. The van der Waals surface area contributed by atoms with Crippen LogP contribution in [0.15, 0.2) is 18.2 Å². The normalized spacial score (nSPS) is 9.09. The van der Waals surface area contributed by atoms with Crippen LogP contribution in [-0.2, 0) is 0 Å². The zero-order valence-electron chi connectivity index (χ0n) is 5.87. The summed E-state index contributed by atoms with van der Waals surface area (Å²) in [7, 11) is 0. The van der Waals surface area contributed by atoms with Crippen LogP contribution in [0.2, 0.25) is 0 Å². The van der Waals surface area contributed by atoms with Crippen LogP contribution in [0, 0.1) is 5.41 Å². The molecule has 0 heterocycles. The lowest BCUT2D eigenvalue weighted by atomic mass is 10.1. The van der Waals surface area contributed by atoms with E-state index in [1.807, 2.05) is 0 Å². The van der Waals surface area contributed by atoms with Crippen LogP contribution in [0.5, 0.6) is 0 Å². The Morgan fingerprint density at radius 3 is 2.64 bits per heavy atom. The van der Waals surface area contributed by atoms with Crippen LogP contribution in [0.25, 0.3) is 0 Å². The Labute approximate surface area is 64.3 Å². The molecule has 0 unspecified atom stereocenters. The minimum absolute atomic E-state index is 0.463. The fourth-order valence-corrected chi connectivity index (χ4v) is 0.798. The van der Waals surface area contributed by atoms with E-state index in [4.69, 9.17) is 11.1 Å². The van der Waals surface area contributed by atoms with Crippen molar-refractivity contribution in [3.05, 3.63) is 29.3 Å². The molecule has 1 rings (SSSR count). The van der Waals surface area contributed by atoms with E-state index in [0.717, 1.165) is 12.5 Å². The third-order valence-corrected chi connectivity index (χ3v) is 1.40. The SMILES string of the molecule is N=Cc1ccc(C=O)cc1N. The molecule has 0 spiro atoms. The van der Waals surface area contributed by atoms with Crippen molar-refractivity contribution in [2.24, 2.45) is 0 Å². The second kappa shape index (κ2) is 2.96. The van der Waals surface area contributed by atoms with Gasteiger partial charge >= 0.3 is 0 Å². The van der Waals surface area contributed by atoms with E-state index in [0.29, 0.717) is 16.8 Å². The van der Waals surface area contributed by atoms with Gasteiger partial charge in [0, 0.05) is 23.0 Å². The van der Waals surface area contributed by atoms with Gasteiger partial charge in [0.25, 0.3) is 0 Å². The molecule has 0 bridgehead atoms. The van der Waals surface area contributed by atoms with Crippen LogP contribution >= 0.6 is 0 Å². The summed E-state index contributed by atoms with van der Waals surface area (Å²) in [5.41, 5.74) is 7.13. The Balaban J connectivity index is 3.18. The van der Waals surface area contributed by atoms with Gasteiger partial charge in [-0.05, 0) is 6.07 Å². The average Bonchev–Trinajstić information content (AvgIpc) is 2.04. The number of benzene rings is 1. The fraction of sp³-hybridized carbons (Fsp3) is 0. The van der Waals surface area contributed by atoms with E-state index in [1.54, 1.807) is 18.2 Å². The highest BCUT2D eigenvalue weighted by Crippen LogP contribution is 2.10. The van der Waals surface area contributed by atoms with E-state index >= 15 is 0 Å². The van der Waals surface area contributed by atoms with Gasteiger partial charge in [0.2, 0.25) is 0 Å². The van der Waals surface area contributed by atoms with Crippen molar-refractivity contribution >= 4 is 18.2 Å². The summed E-state index contributed by atoms with van der Waals surface area (Å²) >= 11 is 0. The molecule has 0 atom stereocenters. The first-order valence-electron chi connectivity index (χ1n) is 3.13. The fourth-order valence-electron chi connectivity index (χ4n) is 0.798. The zero-order valence-corrected chi connectivity index (χ0v) is 5.87. The smallest absolute Gasteiger partial charge is 0.150 e. The summed E-state index contributed by atoms with van der Waals surface area (Å²) in [4.78, 5) is 10.2. The molecule has 0 fully saturated rings. The van der Waals surface area contributed by atoms with Gasteiger partial charge in [-0.3, -0.25) is 4.79 Å². The van der Waals surface area contributed by atoms with Crippen molar-refractivity contribution in [2.75, 3.05) is 5.73 Å². The largest absolute Gasteiger partial charge is 0.398 e. The van der Waals surface area contributed by atoms with Crippen LogP contribution in [0.3, 0.4) is 0 Å². The number of hydrogen-bond donors (Lipinski definition) is 2. The standard InChI is InChI=1S/C8H8N2O/c9-4-7-2-1-6(5-11)3-8(7)10/h1-5,9H,10H2. The maximum absolute atomic E-state index is 10.2. The summed E-state index contributed by atoms with van der Waals surface area (Å²) in [6.45, 7) is 0. The molecule has 0 saturated carbocycles. The van der Waals surface area contributed by atoms with Crippen molar-refractivity contribution < 1.29 is 4.79 Å². The van der Waals surface area contributed by atoms with Crippen molar-refractivity contribution in [1.29, 1.82) is 5.41 Å². The summed E-state index contributed by atoms with van der Waals surface area (Å²) in [5.74, 6) is 0. The highest BCUT2D eigenvalue weighted by Gasteiger charge is 1.95. The van der Waals surface area contributed by atoms with Crippen molar-refractivity contribution in [2.45, 2.75) is 0 Å². The number of anilines is 1. The Morgan fingerprint density at radius 2 is 2.18 bits per heavy atom. The zero-order chi connectivity index (χ0) is 8.27. The van der Waals surface area contributed by atoms with Crippen LogP contribution in [-0.4, -0.2) is 12.5 Å². The first-order chi connectivity index (χ1) is 5.27. The van der Waals surface area contributed by atoms with Gasteiger partial charge < -0.3 is 11.1 Å². The number of nitrogen functional groups attached to an aromatic ring is 1. The first kappa shape index (κ1) is 7.47. The van der Waals surface area contributed by atoms with Gasteiger partial charge in [-0.15, -0.1) is 0 Å². The summed E-state index contributed by atoms with van der Waals surface area (Å²) in [6, 6.07) is 4.82. The van der Waals surface area contributed by atoms with Crippen LogP contribution < -0.4 is 5.73 Å². The highest BCUT2D eigenvalue weighted by atomic mass is 16.1. The topological polar surface area (TPSA) is 66.9 Å². The molecule has 0 aliphatic rings. The quantitative estimate of drug-likeness (QED) is 0.374. The Kier molecular flexibility index (Phi) is 2.01. The predicted molar refractivity (Wildman–Crippen MR) is 44.1 cm³/mol. The third-order valence-electron chi connectivity index (χ3n) is 1.40. The molecule has 0 amide bonds. The van der Waals surface area contributed by atoms with Crippen LogP contribution in [0.4, 0.5) is 5.69 Å². The van der Waals surface area contributed by atoms with Gasteiger partial charge in [-0.1, -0.05) is 12.1 Å². The summed E-state index contributed by atoms with van der Waals surface area (Å²) in [6.07, 6.45) is 1.88. The number of rotatable bonds is 2. The lowest BCUT2D eigenvalue weighted by Crippen LogP contribution is -1.93. The monoisotopic (exact) mass is 148 g/mol. The lowest BCUT2D eigenvalue weighted by molar-refractivity contribution is 0.112. The van der Waals surface area contributed by atoms with Gasteiger partial charge in [0.1, 0.15) is 6.29 Å². The third kappa shape index (κ3) is 1.43. The number of aldehydes is 1. The minimum Gasteiger partial charge on any atom is -0.398 e. The first-order valence-corrected chi connectivity index (χ1v) is 3.13. The van der Waals surface area contributed by atoms with Gasteiger partial charge in [0.15, 0.2) is 0 Å². The van der Waals surface area contributed by atoms with Gasteiger partial charge in [-0.2, -0.15) is 0 Å². The van der Waals surface area contributed by atoms with E-state index in [1.165, 1.54) is 0 Å². The van der Waals surface area contributed by atoms with Crippen molar-refractivity contribution in [1.82, 2.24) is 0 Å². The molecular weight excluding hydrogens is 140 g/mol. The molecule has 3 heteroatoms. The highest BCUT2D eigenvalue weighted by molar-refractivity contribution is 5.88. The molecule has 0 aliphatic carbocycles. The van der Waals surface area contributed by atoms with E-state index in [2.05, 4.69) is 0 Å². The van der Waals surface area contributed by atoms with E-state index < -0.39 is 0 Å². The Morgan fingerprint density at radius 1 is 1.45 bits per heavy atom. The second-order valence-corrected chi connectivity index (χ2v) is 2.15. The number of carbonyl (C=O) groups is 1. The summed E-state index contributed by atoms with van der Waals surface area (Å²) < 4.78 is 0. The molecule has 1 aromatic carbocycles. The Hall–Kier alpha value is -1.64. The maximum Gasteiger partial charge on any atom is 0.150 e. The summed E-state index contributed by atoms with van der Waals surface area (Å²) in [5, 5.41) is 6.92. The Bertz CT molecular complexity index is 294. The molecule has 0 saturated heterocycles. The molecule has 11 heavy (non-hydrogen) atoms. The van der Waals surface area contributed by atoms with Crippen molar-refractivity contribution in [3.8, 4) is 0 Å². The maximum atomic E-state index is 10.2. The number of carbonyl (C=O) groups excluding carboxylic acids is 1. The van der Waals surface area contributed by atoms with E-state index in [-0.39, 0.29) is 0 Å². The van der Waals surface area contributed by atoms with Gasteiger partial charge in [0.05, 0.1) is 0 Å². The molecule has 3 N–H and O–H groups in total.